The number of nitrogens with zero attached hydrogens (tertiary/aromatic N) is 2. The third-order valence-electron chi connectivity index (χ3n) is 8.10. The van der Waals surface area contributed by atoms with Gasteiger partial charge in [-0.2, -0.15) is 5.26 Å². The number of fused-ring (bicyclic) bond motifs is 2. The average molecular weight is 453 g/mol. The average Bonchev–Trinajstić information content (AvgIpc) is 3.38. The lowest BCUT2D eigenvalue weighted by Gasteiger charge is -2.57. The van der Waals surface area contributed by atoms with E-state index in [0.717, 1.165) is 5.56 Å². The van der Waals surface area contributed by atoms with Gasteiger partial charge in [0.2, 0.25) is 5.91 Å². The van der Waals surface area contributed by atoms with Gasteiger partial charge in [-0.05, 0) is 50.7 Å². The molecule has 2 fully saturated rings. The van der Waals surface area contributed by atoms with Crippen molar-refractivity contribution in [2.24, 2.45) is 5.41 Å². The van der Waals surface area contributed by atoms with Gasteiger partial charge in [0.15, 0.2) is 0 Å². The third-order valence-corrected chi connectivity index (χ3v) is 8.10. The molecule has 1 aromatic carbocycles. The highest BCUT2D eigenvalue weighted by molar-refractivity contribution is 5.99. The summed E-state index contributed by atoms with van der Waals surface area (Å²) in [5.41, 5.74) is -2.83. The van der Waals surface area contributed by atoms with Crippen LogP contribution in [0.15, 0.2) is 36.4 Å². The molecule has 0 bridgehead atoms. The van der Waals surface area contributed by atoms with Crippen LogP contribution in [-0.2, 0) is 24.5 Å². The molecule has 0 saturated heterocycles. The zero-order chi connectivity index (χ0) is 22.8. The molecule has 2 saturated carbocycles. The Hall–Kier alpha value is -3.38. The quantitative estimate of drug-likeness (QED) is 0.678. The summed E-state index contributed by atoms with van der Waals surface area (Å²) in [4.78, 5) is 40.7. The number of ether oxygens (including phenoxy) is 2. The Morgan fingerprint density at radius 2 is 1.97 bits per heavy atom. The van der Waals surface area contributed by atoms with Crippen LogP contribution in [-0.4, -0.2) is 48.2 Å². The van der Waals surface area contributed by atoms with E-state index in [4.69, 9.17) is 9.47 Å². The van der Waals surface area contributed by atoms with Crippen LogP contribution in [0.4, 0.5) is 10.5 Å². The van der Waals surface area contributed by atoms with Crippen molar-refractivity contribution in [3.8, 4) is 6.07 Å². The fourth-order valence-corrected chi connectivity index (χ4v) is 7.03. The van der Waals surface area contributed by atoms with Gasteiger partial charge in [-0.3, -0.25) is 14.5 Å². The second kappa shape index (κ2) is 7.32. The van der Waals surface area contributed by atoms with E-state index in [1.165, 1.54) is 13.2 Å². The number of benzene rings is 1. The summed E-state index contributed by atoms with van der Waals surface area (Å²) in [6.45, 7) is 1.92. The molecule has 4 aliphatic rings. The van der Waals surface area contributed by atoms with Crippen LogP contribution in [0.1, 0.15) is 44.6 Å². The normalized spacial score (nSPS) is 35.1. The molecule has 33 heavy (non-hydrogen) atoms. The predicted molar refractivity (Wildman–Crippen MR) is 117 cm³/mol. The maximum Gasteiger partial charge on any atom is 0.414 e. The molecule has 2 aliphatic carbocycles. The topological polar surface area (TPSA) is 140 Å². The molecule has 4 atom stereocenters. The molecule has 0 radical (unpaired) electrons. The minimum atomic E-state index is -1.19. The number of hydrogen-bond donors (Lipinski definition) is 1. The van der Waals surface area contributed by atoms with Crippen molar-refractivity contribution < 1.29 is 29.3 Å². The van der Waals surface area contributed by atoms with E-state index in [1.807, 2.05) is 24.3 Å². The van der Waals surface area contributed by atoms with Crippen molar-refractivity contribution in [2.45, 2.75) is 55.5 Å². The summed E-state index contributed by atoms with van der Waals surface area (Å²) in [6, 6.07) is 9.87. The Morgan fingerprint density at radius 3 is 2.61 bits per heavy atom. The number of hydrogen-bond acceptors (Lipinski definition) is 6. The van der Waals surface area contributed by atoms with Gasteiger partial charge in [0, 0.05) is 6.08 Å². The maximum absolute atomic E-state index is 13.8. The number of nitrogens with one attached hydrogen (secondary N) is 1. The number of nitriles is 1. The number of carbonyl (C=O) groups excluding carboxylic acids is 3. The van der Waals surface area contributed by atoms with Gasteiger partial charge in [0.25, 0.3) is 0 Å². The minimum Gasteiger partial charge on any atom is -0.465 e. The molecule has 2 spiro atoms. The second-order valence-corrected chi connectivity index (χ2v) is 9.16. The monoisotopic (exact) mass is 453 g/mol. The van der Waals surface area contributed by atoms with Crippen LogP contribution in [0.2, 0.25) is 0 Å². The molecule has 9 heteroatoms. The molecule has 5 rings (SSSR count). The van der Waals surface area contributed by atoms with Crippen molar-refractivity contribution in [1.29, 1.82) is 5.26 Å². The van der Waals surface area contributed by atoms with Gasteiger partial charge in [0.1, 0.15) is 5.41 Å². The van der Waals surface area contributed by atoms with Gasteiger partial charge >= 0.3 is 12.1 Å². The first kappa shape index (κ1) is 22.8. The van der Waals surface area contributed by atoms with Crippen molar-refractivity contribution in [1.82, 2.24) is 5.32 Å². The highest BCUT2D eigenvalue weighted by Gasteiger charge is 2.81. The van der Waals surface area contributed by atoms with Crippen molar-refractivity contribution in [3.63, 3.8) is 0 Å². The third kappa shape index (κ3) is 2.47. The summed E-state index contributed by atoms with van der Waals surface area (Å²) < 4.78 is 10.8. The number of carbonyl (C=O) groups is 3. The highest BCUT2D eigenvalue weighted by Crippen LogP contribution is 2.72. The van der Waals surface area contributed by atoms with Crippen molar-refractivity contribution >= 4 is 23.7 Å². The molecule has 0 unspecified atom stereocenters. The molecule has 174 valence electrons. The number of anilines is 1. The Morgan fingerprint density at radius 1 is 1.21 bits per heavy atom. The van der Waals surface area contributed by atoms with E-state index >= 15 is 0 Å². The van der Waals surface area contributed by atoms with Crippen LogP contribution in [0.5, 0.6) is 0 Å². The smallest absolute Gasteiger partial charge is 0.414 e. The zero-order valence-electron chi connectivity index (χ0n) is 18.6. The first-order valence-corrected chi connectivity index (χ1v) is 10.9. The summed E-state index contributed by atoms with van der Waals surface area (Å²) in [6.07, 6.45) is 4.56. The SMILES string of the molecule is CCOC(=O)[C@]12CC[C@]3(C#N)c4ccccc4N(C(=O)OC)[C@]13CC[C@]1(C=CC(=O)N1)C2.O. The molecule has 2 amide bonds. The number of para-hydroxylation sites is 1. The molecule has 3 N–H and O–H groups in total. The Kier molecular flexibility index (Phi) is 5.06. The molecule has 2 aliphatic heterocycles. The maximum atomic E-state index is 13.8. The Balaban J connectivity index is 0.00000259. The van der Waals surface area contributed by atoms with Crippen LogP contribution in [0.3, 0.4) is 0 Å². The van der Waals surface area contributed by atoms with E-state index < -0.39 is 34.0 Å². The van der Waals surface area contributed by atoms with Gasteiger partial charge in [-0.15, -0.1) is 0 Å². The Labute approximate surface area is 191 Å². The fourth-order valence-electron chi connectivity index (χ4n) is 7.03. The van der Waals surface area contributed by atoms with Gasteiger partial charge in [-0.1, -0.05) is 24.3 Å². The van der Waals surface area contributed by atoms with E-state index in [0.29, 0.717) is 31.4 Å². The van der Waals surface area contributed by atoms with E-state index in [1.54, 1.807) is 17.9 Å². The lowest BCUT2D eigenvalue weighted by molar-refractivity contribution is -0.164. The van der Waals surface area contributed by atoms with Gasteiger partial charge in [-0.25, -0.2) is 4.79 Å². The minimum absolute atomic E-state index is 0. The number of amides is 2. The largest absolute Gasteiger partial charge is 0.465 e. The highest BCUT2D eigenvalue weighted by atomic mass is 16.5. The van der Waals surface area contributed by atoms with Gasteiger partial charge in [0.05, 0.1) is 42.0 Å². The number of rotatable bonds is 2. The van der Waals surface area contributed by atoms with Crippen LogP contribution in [0.25, 0.3) is 0 Å². The zero-order valence-corrected chi connectivity index (χ0v) is 18.6. The van der Waals surface area contributed by atoms with Gasteiger partial charge < -0.3 is 20.3 Å². The molecule has 9 nitrogen and oxygen atoms in total. The lowest BCUT2D eigenvalue weighted by Crippen LogP contribution is -2.72. The van der Waals surface area contributed by atoms with Crippen LogP contribution < -0.4 is 10.2 Å². The van der Waals surface area contributed by atoms with E-state index in [-0.39, 0.29) is 24.4 Å². The predicted octanol–water partition coefficient (Wildman–Crippen LogP) is 1.90. The summed E-state index contributed by atoms with van der Waals surface area (Å²) in [5, 5.41) is 13.7. The lowest BCUT2D eigenvalue weighted by atomic mass is 9.52. The summed E-state index contributed by atoms with van der Waals surface area (Å²) in [7, 11) is 1.30. The summed E-state index contributed by atoms with van der Waals surface area (Å²) in [5.74, 6) is -0.642. The van der Waals surface area contributed by atoms with Crippen LogP contribution >= 0.6 is 0 Å². The molecule has 1 aromatic rings. The van der Waals surface area contributed by atoms with Crippen molar-refractivity contribution in [2.75, 3.05) is 18.6 Å². The fraction of sp³-hybridized carbons (Fsp3) is 0.500. The number of methoxy groups -OCH3 is 1. The van der Waals surface area contributed by atoms with Crippen molar-refractivity contribution in [3.05, 3.63) is 42.0 Å². The molecular formula is C24H27N3O6. The van der Waals surface area contributed by atoms with E-state index in [2.05, 4.69) is 11.4 Å². The number of esters is 1. The van der Waals surface area contributed by atoms with Crippen LogP contribution in [0, 0.1) is 16.7 Å². The molecule has 2 heterocycles. The first-order chi connectivity index (χ1) is 15.4. The standard InChI is InChI=1S/C24H25N3O5.H2O/c1-3-32-19(29)22-11-12-23(15-25)16-6-4-5-7-17(16)27(20(30)31-2)24(22,23)13-10-21(14-22)9-8-18(28)26-21;/h4-9H,3,10-14H2,1-2H3,(H,26,28);1H2/t21-,22-,23+,24-;/m1./s1. The van der Waals surface area contributed by atoms with E-state index in [9.17, 15) is 19.6 Å². The Bertz CT molecular complexity index is 1110. The molecular weight excluding hydrogens is 426 g/mol. The second-order valence-electron chi connectivity index (χ2n) is 9.16. The molecule has 0 aromatic heterocycles. The first-order valence-electron chi connectivity index (χ1n) is 10.9. The summed E-state index contributed by atoms with van der Waals surface area (Å²) >= 11 is 0.